The van der Waals surface area contributed by atoms with Crippen molar-refractivity contribution in [1.82, 2.24) is 5.32 Å². The first-order valence-corrected chi connectivity index (χ1v) is 12.7. The summed E-state index contributed by atoms with van der Waals surface area (Å²) in [5, 5.41) is 5.12. The van der Waals surface area contributed by atoms with Crippen molar-refractivity contribution in [1.29, 1.82) is 0 Å². The fourth-order valence-corrected chi connectivity index (χ4v) is 5.19. The highest BCUT2D eigenvalue weighted by atomic mass is 32.1. The molecule has 6 nitrogen and oxygen atoms in total. The molecule has 1 heterocycles. The average Bonchev–Trinajstić information content (AvgIpc) is 3.57. The number of Topliss-reactive ketones (excluding diaryl/α,β-unsaturated/α-hetero) is 1. The minimum absolute atomic E-state index is 0.0568. The lowest BCUT2D eigenvalue weighted by Gasteiger charge is -2.32. The normalized spacial score (nSPS) is 14.3. The number of benzene rings is 2. The minimum Gasteiger partial charge on any atom is -0.497 e. The molecule has 0 unspecified atom stereocenters. The number of ether oxygens (including phenoxy) is 1. The predicted molar refractivity (Wildman–Crippen MR) is 138 cm³/mol. The summed E-state index contributed by atoms with van der Waals surface area (Å²) in [5.41, 5.74) is 1.81. The first-order chi connectivity index (χ1) is 17.0. The van der Waals surface area contributed by atoms with Crippen LogP contribution in [0.3, 0.4) is 0 Å². The molecule has 0 aliphatic heterocycles. The fraction of sp³-hybridized carbons (Fsp3) is 0.321. The van der Waals surface area contributed by atoms with E-state index in [1.165, 1.54) is 18.3 Å². The largest absolute Gasteiger partial charge is 0.497 e. The lowest BCUT2D eigenvalue weighted by Crippen LogP contribution is -2.46. The topological polar surface area (TPSA) is 75.7 Å². The summed E-state index contributed by atoms with van der Waals surface area (Å²) in [7, 11) is 1.59. The number of hydrogen-bond acceptors (Lipinski definition) is 5. The fourth-order valence-electron chi connectivity index (χ4n) is 4.50. The van der Waals surface area contributed by atoms with Crippen molar-refractivity contribution in [2.75, 3.05) is 12.0 Å². The molecule has 0 saturated heterocycles. The van der Waals surface area contributed by atoms with E-state index in [1.54, 1.807) is 48.4 Å². The maximum absolute atomic E-state index is 13.8. The first-order valence-electron chi connectivity index (χ1n) is 11.9. The van der Waals surface area contributed by atoms with Gasteiger partial charge in [0, 0.05) is 22.2 Å². The zero-order chi connectivity index (χ0) is 24.8. The van der Waals surface area contributed by atoms with Crippen LogP contribution in [0.15, 0.2) is 66.0 Å². The molecule has 3 aromatic rings. The van der Waals surface area contributed by atoms with Gasteiger partial charge in [0.1, 0.15) is 11.8 Å². The van der Waals surface area contributed by atoms with Crippen molar-refractivity contribution in [2.24, 2.45) is 0 Å². The zero-order valence-corrected chi connectivity index (χ0v) is 20.8. The van der Waals surface area contributed by atoms with Crippen molar-refractivity contribution < 1.29 is 19.1 Å². The molecule has 182 valence electrons. The Balaban J connectivity index is 1.76. The average molecular weight is 491 g/mol. The Bertz CT molecular complexity index is 1150. The molecule has 2 aromatic carbocycles. The molecule has 1 aliphatic rings. The second-order valence-electron chi connectivity index (χ2n) is 8.79. The molecule has 0 radical (unpaired) electrons. The van der Waals surface area contributed by atoms with E-state index in [0.717, 1.165) is 30.6 Å². The molecule has 1 N–H and O–H groups in total. The minimum atomic E-state index is -0.864. The van der Waals surface area contributed by atoms with Crippen molar-refractivity contribution in [3.8, 4) is 5.75 Å². The van der Waals surface area contributed by atoms with Crippen molar-refractivity contribution in [3.63, 3.8) is 0 Å². The van der Waals surface area contributed by atoms with Gasteiger partial charge in [-0.1, -0.05) is 31.0 Å². The maximum atomic E-state index is 13.8. The Hall–Kier alpha value is -3.45. The molecular formula is C28H30N2O4S. The van der Waals surface area contributed by atoms with Crippen LogP contribution in [-0.2, 0) is 16.0 Å². The molecule has 1 aliphatic carbocycles. The molecule has 0 bridgehead atoms. The standard InChI is InChI=1S/C28H30N2O4S/c1-19(31)20-9-13-23(14-10-20)30(26(32)18-25-8-5-17-35-25)27(21-11-15-24(34-2)16-12-21)28(33)29-22-6-3-4-7-22/h5,8-17,22,27H,3-4,6-7,18H2,1-2H3,(H,29,33)/t27-/m1/s1. The SMILES string of the molecule is COc1ccc([C@H](C(=O)NC2CCCC2)N(C(=O)Cc2cccs2)c2ccc(C(C)=O)cc2)cc1. The van der Waals surface area contributed by atoms with Gasteiger partial charge in [-0.2, -0.15) is 0 Å². The number of thiophene rings is 1. The second-order valence-corrected chi connectivity index (χ2v) is 9.82. The van der Waals surface area contributed by atoms with E-state index in [2.05, 4.69) is 5.32 Å². The predicted octanol–water partition coefficient (Wildman–Crippen LogP) is 5.34. The second kappa shape index (κ2) is 11.3. The molecule has 4 rings (SSSR count). The highest BCUT2D eigenvalue weighted by Gasteiger charge is 2.34. The lowest BCUT2D eigenvalue weighted by molar-refractivity contribution is -0.127. The number of carbonyl (C=O) groups excluding carboxylic acids is 3. The Morgan fingerprint density at radius 3 is 2.29 bits per heavy atom. The number of anilines is 1. The van der Waals surface area contributed by atoms with E-state index in [4.69, 9.17) is 4.74 Å². The molecule has 0 spiro atoms. The van der Waals surface area contributed by atoms with Crippen LogP contribution >= 0.6 is 11.3 Å². The summed E-state index contributed by atoms with van der Waals surface area (Å²) in [6, 6.07) is 17.2. The molecule has 2 amide bonds. The number of nitrogens with one attached hydrogen (secondary N) is 1. The van der Waals surface area contributed by atoms with Crippen LogP contribution in [0.25, 0.3) is 0 Å². The number of rotatable bonds is 9. The van der Waals surface area contributed by atoms with Crippen LogP contribution in [0, 0.1) is 0 Å². The van der Waals surface area contributed by atoms with Crippen molar-refractivity contribution in [2.45, 2.75) is 51.1 Å². The summed E-state index contributed by atoms with van der Waals surface area (Å²) >= 11 is 1.51. The molecule has 1 fully saturated rings. The summed E-state index contributed by atoms with van der Waals surface area (Å²) < 4.78 is 5.30. The highest BCUT2D eigenvalue weighted by molar-refractivity contribution is 7.10. The number of amides is 2. The van der Waals surface area contributed by atoms with Gasteiger partial charge in [0.15, 0.2) is 5.78 Å². The summed E-state index contributed by atoms with van der Waals surface area (Å²) in [6.07, 6.45) is 4.24. The van der Waals surface area contributed by atoms with Gasteiger partial charge in [0.2, 0.25) is 11.8 Å². The van der Waals surface area contributed by atoms with Crippen LogP contribution in [0.5, 0.6) is 5.75 Å². The molecular weight excluding hydrogens is 460 g/mol. The Kier molecular flexibility index (Phi) is 7.98. The number of hydrogen-bond donors (Lipinski definition) is 1. The summed E-state index contributed by atoms with van der Waals surface area (Å²) in [5.74, 6) is 0.215. The molecule has 35 heavy (non-hydrogen) atoms. The van der Waals surface area contributed by atoms with Crippen molar-refractivity contribution in [3.05, 3.63) is 82.0 Å². The molecule has 1 atom stereocenters. The van der Waals surface area contributed by atoms with Crippen LogP contribution < -0.4 is 15.0 Å². The van der Waals surface area contributed by atoms with Gasteiger partial charge in [-0.05, 0) is 73.2 Å². The van der Waals surface area contributed by atoms with Gasteiger partial charge in [-0.3, -0.25) is 19.3 Å². The van der Waals surface area contributed by atoms with Crippen LogP contribution in [0.4, 0.5) is 5.69 Å². The van der Waals surface area contributed by atoms with E-state index in [0.29, 0.717) is 22.6 Å². The van der Waals surface area contributed by atoms with Gasteiger partial charge >= 0.3 is 0 Å². The summed E-state index contributed by atoms with van der Waals surface area (Å²) in [6.45, 7) is 1.50. The highest BCUT2D eigenvalue weighted by Crippen LogP contribution is 2.31. The maximum Gasteiger partial charge on any atom is 0.248 e. The number of ketones is 1. The van der Waals surface area contributed by atoms with Gasteiger partial charge in [-0.15, -0.1) is 11.3 Å². The Morgan fingerprint density at radius 2 is 1.71 bits per heavy atom. The van der Waals surface area contributed by atoms with Gasteiger partial charge in [-0.25, -0.2) is 0 Å². The van der Waals surface area contributed by atoms with E-state index < -0.39 is 6.04 Å². The Labute approximate surface area is 209 Å². The smallest absolute Gasteiger partial charge is 0.248 e. The number of methoxy groups -OCH3 is 1. The number of nitrogens with zero attached hydrogens (tertiary/aromatic N) is 1. The van der Waals surface area contributed by atoms with E-state index in [9.17, 15) is 14.4 Å². The third kappa shape index (κ3) is 5.98. The van der Waals surface area contributed by atoms with E-state index in [-0.39, 0.29) is 30.1 Å². The lowest BCUT2D eigenvalue weighted by atomic mass is 10.0. The number of carbonyl (C=O) groups is 3. The monoisotopic (exact) mass is 490 g/mol. The zero-order valence-electron chi connectivity index (χ0n) is 20.0. The van der Waals surface area contributed by atoms with Crippen LogP contribution in [0.2, 0.25) is 0 Å². The molecule has 1 saturated carbocycles. The molecule has 1 aromatic heterocycles. The van der Waals surface area contributed by atoms with Gasteiger partial charge in [0.25, 0.3) is 0 Å². The summed E-state index contributed by atoms with van der Waals surface area (Å²) in [4.78, 5) is 41.9. The van der Waals surface area contributed by atoms with E-state index in [1.807, 2.05) is 29.6 Å². The van der Waals surface area contributed by atoms with Crippen molar-refractivity contribution >= 4 is 34.6 Å². The van der Waals surface area contributed by atoms with Crippen LogP contribution in [0.1, 0.15) is 59.4 Å². The third-order valence-corrected chi connectivity index (χ3v) is 7.24. The van der Waals surface area contributed by atoms with Gasteiger partial charge < -0.3 is 10.1 Å². The quantitative estimate of drug-likeness (QED) is 0.411. The third-order valence-electron chi connectivity index (χ3n) is 6.37. The molecule has 7 heteroatoms. The van der Waals surface area contributed by atoms with Crippen LogP contribution in [-0.4, -0.2) is 30.7 Å². The first kappa shape index (κ1) is 24.7. The Morgan fingerprint density at radius 1 is 1.03 bits per heavy atom. The van der Waals surface area contributed by atoms with E-state index >= 15 is 0 Å². The van der Waals surface area contributed by atoms with Gasteiger partial charge in [0.05, 0.1) is 13.5 Å².